The predicted octanol–water partition coefficient (Wildman–Crippen LogP) is 12.0. The van der Waals surface area contributed by atoms with E-state index in [-0.39, 0.29) is 86.4 Å². The second-order valence-corrected chi connectivity index (χ2v) is 31.1. The van der Waals surface area contributed by atoms with Gasteiger partial charge in [-0.1, -0.05) is 13.8 Å². The van der Waals surface area contributed by atoms with Crippen LogP contribution in [0, 0.1) is 18.3 Å². The Morgan fingerprint density at radius 2 is 1.08 bits per heavy atom. The monoisotopic (exact) mass is 1530 g/mol. The molecule has 11 heterocycles. The Labute approximate surface area is 631 Å². The molecule has 5 fully saturated rings. The zero-order valence-electron chi connectivity index (χ0n) is 63.5. The number of alkyl halides is 6. The van der Waals surface area contributed by atoms with E-state index >= 15 is 0 Å². The molecule has 4 saturated carbocycles. The number of anilines is 2. The van der Waals surface area contributed by atoms with E-state index in [0.29, 0.717) is 74.4 Å². The lowest BCUT2D eigenvalue weighted by molar-refractivity contribution is -0.201. The standard InChI is InChI=1S/C27H34F3N7O3.C25H36N6O3.C24H28F3N7O2/c1-16(15-40-2)33-25-31-11-23-21(9-22(37(23)34-25)17-3-5-20(38)6-4-17)18-10-32-36(12-18)19-13-35(14-19)24(39)26(7-8-26)27(28,29)30;1-6-23(33)25(3,4)30-14-18(12-27-30)20-11-21(17-7-9-19(32)10-8-17)31-22(20)13-26-24(29-31)28-16(2)15-34-5;1-14(9-24(25,26)27)7-22-28-11-21-19(8-20(34(21)32-22)16-3-5-18(35)6-4-16)17-10-29-33(12-17)13-23-31-30-15(2)36-23/h9-12,16-17,19-20,38H,3-8,13-15H2,1-2H3,(H,33,34);11-14,16-17,19,32H,6-10,15H2,1-5H3,(H,28,29);8,10-12,14,16,18,35H,3-7,9,13H2,1-2H3/t16-,17?,20?;16-,17?,19?;14-,16?,18?/m001/s1. The van der Waals surface area contributed by atoms with Gasteiger partial charge in [-0.05, 0) is 142 Å². The maximum Gasteiger partial charge on any atom is 0.403 e. The molecule has 110 heavy (non-hydrogen) atoms. The van der Waals surface area contributed by atoms with Gasteiger partial charge in [0.2, 0.25) is 29.6 Å². The molecule has 1 saturated heterocycles. The first kappa shape index (κ1) is 78.9. The van der Waals surface area contributed by atoms with Gasteiger partial charge >= 0.3 is 12.4 Å². The molecule has 10 aromatic rings. The molecule has 0 aromatic carbocycles. The molecule has 28 nitrogen and oxygen atoms in total. The molecule has 1 aliphatic heterocycles. The molecule has 592 valence electrons. The summed E-state index contributed by atoms with van der Waals surface area (Å²) in [5.74, 6) is 1.74. The van der Waals surface area contributed by atoms with Crippen LogP contribution in [0.4, 0.5) is 38.2 Å². The summed E-state index contributed by atoms with van der Waals surface area (Å²) in [7, 11) is 3.31. The molecule has 10 aromatic heterocycles. The minimum atomic E-state index is -4.50. The van der Waals surface area contributed by atoms with Crippen LogP contribution in [0.2, 0.25) is 0 Å². The Morgan fingerprint density at radius 1 is 0.618 bits per heavy atom. The summed E-state index contributed by atoms with van der Waals surface area (Å²) in [6.07, 6.45) is 15.8. The fourth-order valence-electron chi connectivity index (χ4n) is 15.8. The number of nitrogens with one attached hydrogen (secondary N) is 2. The first-order chi connectivity index (χ1) is 52.5. The average Bonchev–Trinajstić information content (AvgIpc) is 1.57. The molecule has 34 heteroatoms. The summed E-state index contributed by atoms with van der Waals surface area (Å²) < 4.78 is 105. The van der Waals surface area contributed by atoms with E-state index in [1.165, 1.54) is 4.90 Å². The van der Waals surface area contributed by atoms with Crippen molar-refractivity contribution in [2.45, 2.75) is 236 Å². The molecule has 15 rings (SSSR count). The summed E-state index contributed by atoms with van der Waals surface area (Å²) >= 11 is 0. The number of fused-ring (bicyclic) bond motifs is 3. The number of rotatable bonds is 24. The quantitative estimate of drug-likeness (QED) is 0.0351. The van der Waals surface area contributed by atoms with Gasteiger partial charge in [0.15, 0.2) is 5.78 Å². The highest BCUT2D eigenvalue weighted by Crippen LogP contribution is 2.59. The van der Waals surface area contributed by atoms with Gasteiger partial charge < -0.3 is 44.7 Å². The van der Waals surface area contributed by atoms with E-state index in [9.17, 15) is 51.3 Å². The van der Waals surface area contributed by atoms with Crippen LogP contribution < -0.4 is 10.6 Å². The number of aliphatic hydroxyl groups is 3. The van der Waals surface area contributed by atoms with E-state index in [1.54, 1.807) is 73.1 Å². The normalized spacial score (nSPS) is 21.2. The van der Waals surface area contributed by atoms with Crippen LogP contribution in [0.1, 0.15) is 203 Å². The summed E-state index contributed by atoms with van der Waals surface area (Å²) in [5.41, 5.74) is 8.10. The van der Waals surface area contributed by atoms with Crippen LogP contribution in [0.3, 0.4) is 0 Å². The number of likely N-dealkylation sites (tertiary alicyclic amines) is 1. The maximum atomic E-state index is 13.4. The molecular formula is C76H98F6N20O8. The lowest BCUT2D eigenvalue weighted by Gasteiger charge is -2.41. The first-order valence-corrected chi connectivity index (χ1v) is 38.1. The van der Waals surface area contributed by atoms with E-state index in [2.05, 4.69) is 74.4 Å². The van der Waals surface area contributed by atoms with Gasteiger partial charge in [-0.25, -0.2) is 28.5 Å². The third-order valence-corrected chi connectivity index (χ3v) is 22.1. The molecular weight excluding hydrogens is 1430 g/mol. The van der Waals surface area contributed by atoms with Crippen LogP contribution in [0.5, 0.6) is 0 Å². The Morgan fingerprint density at radius 3 is 1.54 bits per heavy atom. The minimum absolute atomic E-state index is 0.0174. The molecule has 5 N–H and O–H groups in total. The van der Waals surface area contributed by atoms with Crippen molar-refractivity contribution in [3.63, 3.8) is 0 Å². The molecule has 0 spiro atoms. The van der Waals surface area contributed by atoms with Gasteiger partial charge in [0.1, 0.15) is 23.3 Å². The first-order valence-electron chi connectivity index (χ1n) is 38.1. The third kappa shape index (κ3) is 17.4. The number of amides is 1. The third-order valence-electron chi connectivity index (χ3n) is 22.1. The number of aryl methyl sites for hydroxylation is 1. The van der Waals surface area contributed by atoms with Gasteiger partial charge in [0.05, 0.1) is 91.3 Å². The zero-order chi connectivity index (χ0) is 78.1. The topological polar surface area (TPSA) is 324 Å². The van der Waals surface area contributed by atoms with Crippen LogP contribution in [0.15, 0.2) is 78.4 Å². The van der Waals surface area contributed by atoms with Crippen LogP contribution in [-0.4, -0.2) is 199 Å². The molecule has 0 bridgehead atoms. The summed E-state index contributed by atoms with van der Waals surface area (Å²) in [6.45, 7) is 14.8. The summed E-state index contributed by atoms with van der Waals surface area (Å²) in [5, 5.41) is 72.2. The average molecular weight is 1530 g/mol. The highest BCUT2D eigenvalue weighted by atomic mass is 19.4. The van der Waals surface area contributed by atoms with E-state index in [4.69, 9.17) is 24.1 Å². The van der Waals surface area contributed by atoms with E-state index in [0.717, 1.165) is 131 Å². The summed E-state index contributed by atoms with van der Waals surface area (Å²) in [6, 6.07) is 6.25. The van der Waals surface area contributed by atoms with Crippen LogP contribution >= 0.6 is 0 Å². The van der Waals surface area contributed by atoms with Gasteiger partial charge in [-0.3, -0.25) is 23.6 Å². The van der Waals surface area contributed by atoms with Crippen molar-refractivity contribution < 1.29 is 65.1 Å². The fourth-order valence-corrected chi connectivity index (χ4v) is 15.8. The van der Waals surface area contributed by atoms with Crippen molar-refractivity contribution in [1.29, 1.82) is 0 Å². The Kier molecular flexibility index (Phi) is 23.4. The fraction of sp³-hybridized carbons (Fsp3) is 0.592. The molecule has 0 unspecified atom stereocenters. The second-order valence-electron chi connectivity index (χ2n) is 31.1. The van der Waals surface area contributed by atoms with Crippen molar-refractivity contribution in [2.24, 2.45) is 11.3 Å². The number of hydrogen-bond donors (Lipinski definition) is 5. The number of ketones is 1. The van der Waals surface area contributed by atoms with E-state index < -0.39 is 41.6 Å². The number of ether oxygens (including phenoxy) is 2. The largest absolute Gasteiger partial charge is 0.424 e. The van der Waals surface area contributed by atoms with E-state index in [1.807, 2.05) is 73.0 Å². The maximum absolute atomic E-state index is 13.4. The lowest BCUT2D eigenvalue weighted by Crippen LogP contribution is -2.55. The van der Waals surface area contributed by atoms with Crippen LogP contribution in [0.25, 0.3) is 49.9 Å². The van der Waals surface area contributed by atoms with Gasteiger partial charge in [-0.2, -0.15) is 46.7 Å². The van der Waals surface area contributed by atoms with Crippen molar-refractivity contribution >= 4 is 40.1 Å². The highest BCUT2D eigenvalue weighted by Gasteiger charge is 2.70. The number of Topliss-reactive ketones (excluding diaryl/α,β-unsaturated/α-hetero) is 1. The molecule has 3 atom stereocenters. The van der Waals surface area contributed by atoms with Gasteiger partial charge in [0, 0.05) is 152 Å². The van der Waals surface area contributed by atoms with Crippen molar-refractivity contribution in [3.05, 3.63) is 109 Å². The number of hydrogen-bond acceptors (Lipinski definition) is 21. The van der Waals surface area contributed by atoms with Crippen molar-refractivity contribution in [2.75, 3.05) is 51.2 Å². The lowest BCUT2D eigenvalue weighted by atomic mass is 9.85. The SMILES string of the molecule is CCC(=O)C(C)(C)n1cc(-c2cc(C3CCC(O)CC3)n3nc(N[C@@H](C)COC)ncc23)cn1.COC[C@H](C)Nc1ncc2c(-c3cnn(C4CN(C(=O)C5(C(F)(F)F)CC5)C4)c3)cc(C3CCC(O)CC3)n2n1.Cc1nnc(Cn2cc(-c3cc(C4CCC(O)CC4)n4nc(C[C@@H](C)CC(F)(F)F)ncc34)cn2)o1. The number of methoxy groups -OCH3 is 2. The molecule has 5 aliphatic rings. The number of aromatic nitrogens is 17. The smallest absolute Gasteiger partial charge is 0.403 e. The predicted molar refractivity (Wildman–Crippen MR) is 394 cm³/mol. The molecule has 1 amide bonds. The summed E-state index contributed by atoms with van der Waals surface area (Å²) in [4.78, 5) is 39.8. The molecule has 4 aliphatic carbocycles. The number of carbonyl (C=O) groups is 2. The minimum Gasteiger partial charge on any atom is -0.424 e. The van der Waals surface area contributed by atoms with Gasteiger partial charge in [-0.15, -0.1) is 20.4 Å². The number of halogens is 6. The zero-order valence-corrected chi connectivity index (χ0v) is 63.5. The molecule has 0 radical (unpaired) electrons. The highest BCUT2D eigenvalue weighted by molar-refractivity contribution is 5.88. The number of nitrogens with zero attached hydrogens (tertiary/aromatic N) is 18. The van der Waals surface area contributed by atoms with Gasteiger partial charge in [0.25, 0.3) is 0 Å². The Balaban J connectivity index is 0.000000146. The Hall–Kier alpha value is -9.25. The van der Waals surface area contributed by atoms with Crippen LogP contribution in [-0.2, 0) is 37.6 Å². The number of carbonyl (C=O) groups excluding carboxylic acids is 2. The Bertz CT molecular complexity index is 4810. The number of aliphatic hydroxyl groups excluding tert-OH is 3. The second kappa shape index (κ2) is 32.6. The van der Waals surface area contributed by atoms with Crippen molar-refractivity contribution in [3.8, 4) is 33.4 Å². The van der Waals surface area contributed by atoms with Crippen molar-refractivity contribution in [1.82, 2.24) is 88.2 Å².